The first-order chi connectivity index (χ1) is 20.6. The topological polar surface area (TPSA) is 96.0 Å². The SMILES string of the molecule is CC[C@H](C(=O)NC1CCCC1)N(Cc1c(Cl)cccc1Cl)C(=O)CN(c1cc(C)ccc1OC)S(=O)(=O)c1ccccc1. The highest BCUT2D eigenvalue weighted by Gasteiger charge is 2.36. The van der Waals surface area contributed by atoms with Crippen LogP contribution < -0.4 is 14.4 Å². The summed E-state index contributed by atoms with van der Waals surface area (Å²) in [5.41, 5.74) is 1.45. The van der Waals surface area contributed by atoms with Crippen LogP contribution >= 0.6 is 23.2 Å². The smallest absolute Gasteiger partial charge is 0.264 e. The van der Waals surface area contributed by atoms with Crippen molar-refractivity contribution in [1.29, 1.82) is 0 Å². The average molecular weight is 647 g/mol. The minimum Gasteiger partial charge on any atom is -0.495 e. The van der Waals surface area contributed by atoms with Crippen LogP contribution in [0, 0.1) is 6.92 Å². The molecule has 1 fully saturated rings. The minimum atomic E-state index is -4.24. The lowest BCUT2D eigenvalue weighted by atomic mass is 10.1. The molecule has 3 aromatic carbocycles. The molecule has 0 heterocycles. The summed E-state index contributed by atoms with van der Waals surface area (Å²) in [6.45, 7) is 2.96. The Balaban J connectivity index is 1.79. The summed E-state index contributed by atoms with van der Waals surface area (Å²) in [4.78, 5) is 29.4. The van der Waals surface area contributed by atoms with Gasteiger partial charge in [-0.3, -0.25) is 13.9 Å². The van der Waals surface area contributed by atoms with E-state index in [9.17, 15) is 18.0 Å². The third-order valence-corrected chi connectivity index (χ3v) is 10.2. The normalized spacial score (nSPS) is 14.3. The number of aryl methyl sites for hydroxylation is 1. The van der Waals surface area contributed by atoms with Gasteiger partial charge >= 0.3 is 0 Å². The second-order valence-corrected chi connectivity index (χ2v) is 13.3. The Bertz CT molecular complexity index is 1530. The highest BCUT2D eigenvalue weighted by atomic mass is 35.5. The van der Waals surface area contributed by atoms with Gasteiger partial charge in [-0.1, -0.05) is 73.3 Å². The number of nitrogens with one attached hydrogen (secondary N) is 1. The van der Waals surface area contributed by atoms with Crippen LogP contribution in [0.3, 0.4) is 0 Å². The third-order valence-electron chi connectivity index (χ3n) is 7.69. The number of amides is 2. The fourth-order valence-electron chi connectivity index (χ4n) is 5.37. The number of ether oxygens (including phenoxy) is 1. The molecule has 4 rings (SSSR count). The van der Waals surface area contributed by atoms with Gasteiger partial charge in [0.2, 0.25) is 11.8 Å². The summed E-state index contributed by atoms with van der Waals surface area (Å²) in [6, 6.07) is 17.2. The number of nitrogens with zero attached hydrogens (tertiary/aromatic N) is 2. The molecule has 0 saturated heterocycles. The van der Waals surface area contributed by atoms with Gasteiger partial charge in [-0.05, 0) is 68.1 Å². The molecule has 230 valence electrons. The number of rotatable bonds is 12. The van der Waals surface area contributed by atoms with E-state index >= 15 is 0 Å². The molecule has 1 aliphatic rings. The molecule has 0 unspecified atom stereocenters. The van der Waals surface area contributed by atoms with Crippen LogP contribution in [0.4, 0.5) is 5.69 Å². The molecular formula is C32H37Cl2N3O5S. The number of halogens is 2. The van der Waals surface area contributed by atoms with E-state index in [1.54, 1.807) is 54.6 Å². The van der Waals surface area contributed by atoms with Gasteiger partial charge in [0, 0.05) is 28.2 Å². The Hall–Kier alpha value is -3.27. The van der Waals surface area contributed by atoms with Crippen LogP contribution in [0.5, 0.6) is 5.75 Å². The molecule has 8 nitrogen and oxygen atoms in total. The van der Waals surface area contributed by atoms with Crippen molar-refractivity contribution < 1.29 is 22.7 Å². The van der Waals surface area contributed by atoms with Gasteiger partial charge in [0.25, 0.3) is 10.0 Å². The summed E-state index contributed by atoms with van der Waals surface area (Å²) in [6.07, 6.45) is 4.12. The zero-order valence-corrected chi connectivity index (χ0v) is 26.9. The Kier molecular flexibility index (Phi) is 11.0. The number of sulfonamides is 1. The van der Waals surface area contributed by atoms with Crippen molar-refractivity contribution in [3.8, 4) is 5.75 Å². The molecule has 3 aromatic rings. The average Bonchev–Trinajstić information content (AvgIpc) is 3.50. The molecule has 0 aromatic heterocycles. The van der Waals surface area contributed by atoms with E-state index in [-0.39, 0.29) is 34.8 Å². The summed E-state index contributed by atoms with van der Waals surface area (Å²) >= 11 is 13.0. The largest absolute Gasteiger partial charge is 0.495 e. The number of carbonyl (C=O) groups is 2. The summed E-state index contributed by atoms with van der Waals surface area (Å²) in [5, 5.41) is 3.77. The zero-order valence-electron chi connectivity index (χ0n) is 24.6. The molecule has 0 bridgehead atoms. The predicted octanol–water partition coefficient (Wildman–Crippen LogP) is 6.37. The Morgan fingerprint density at radius 1 is 1.00 bits per heavy atom. The molecule has 2 amide bonds. The van der Waals surface area contributed by atoms with Gasteiger partial charge < -0.3 is 15.0 Å². The highest BCUT2D eigenvalue weighted by Crippen LogP contribution is 2.34. The molecule has 11 heteroatoms. The van der Waals surface area contributed by atoms with Crippen LogP contribution in [-0.4, -0.2) is 50.9 Å². The fraction of sp³-hybridized carbons (Fsp3) is 0.375. The second kappa shape index (κ2) is 14.5. The van der Waals surface area contributed by atoms with Crippen LogP contribution in [0.25, 0.3) is 0 Å². The number of anilines is 1. The van der Waals surface area contributed by atoms with E-state index in [1.165, 1.54) is 24.1 Å². The van der Waals surface area contributed by atoms with Gasteiger partial charge in [0.15, 0.2) is 0 Å². The molecule has 43 heavy (non-hydrogen) atoms. The molecule has 1 atom stereocenters. The van der Waals surface area contributed by atoms with E-state index in [4.69, 9.17) is 27.9 Å². The molecular weight excluding hydrogens is 609 g/mol. The molecule has 1 aliphatic carbocycles. The zero-order chi connectivity index (χ0) is 31.1. The number of hydrogen-bond donors (Lipinski definition) is 1. The van der Waals surface area contributed by atoms with E-state index < -0.39 is 28.5 Å². The van der Waals surface area contributed by atoms with Gasteiger partial charge in [-0.25, -0.2) is 8.42 Å². The Labute approximate surface area is 264 Å². The molecule has 0 radical (unpaired) electrons. The maximum Gasteiger partial charge on any atom is 0.264 e. The van der Waals surface area contributed by atoms with Crippen molar-refractivity contribution in [2.45, 2.75) is 69.5 Å². The minimum absolute atomic E-state index is 0.0121. The van der Waals surface area contributed by atoms with Crippen LogP contribution in [-0.2, 0) is 26.2 Å². The summed E-state index contributed by atoms with van der Waals surface area (Å²) < 4.78 is 34.8. The quantitative estimate of drug-likeness (QED) is 0.247. The van der Waals surface area contributed by atoms with Crippen molar-refractivity contribution in [2.24, 2.45) is 0 Å². The third kappa shape index (κ3) is 7.63. The molecule has 0 spiro atoms. The first kappa shape index (κ1) is 32.6. The van der Waals surface area contributed by atoms with Crippen LogP contribution in [0.2, 0.25) is 10.0 Å². The maximum atomic E-state index is 14.4. The van der Waals surface area contributed by atoms with Crippen molar-refractivity contribution >= 4 is 50.7 Å². The lowest BCUT2D eigenvalue weighted by Crippen LogP contribution is -2.53. The van der Waals surface area contributed by atoms with E-state index in [1.807, 2.05) is 13.8 Å². The van der Waals surface area contributed by atoms with Crippen LogP contribution in [0.15, 0.2) is 71.6 Å². The van der Waals surface area contributed by atoms with Gasteiger partial charge in [0.05, 0.1) is 17.7 Å². The van der Waals surface area contributed by atoms with Crippen molar-refractivity contribution in [1.82, 2.24) is 10.2 Å². The Morgan fingerprint density at radius 2 is 1.65 bits per heavy atom. The predicted molar refractivity (Wildman–Crippen MR) is 170 cm³/mol. The molecule has 1 N–H and O–H groups in total. The Morgan fingerprint density at radius 3 is 2.26 bits per heavy atom. The van der Waals surface area contributed by atoms with Crippen LogP contribution in [0.1, 0.15) is 50.2 Å². The first-order valence-corrected chi connectivity index (χ1v) is 16.5. The van der Waals surface area contributed by atoms with Crippen molar-refractivity contribution in [2.75, 3.05) is 18.0 Å². The number of benzene rings is 3. The number of carbonyl (C=O) groups excluding carboxylic acids is 2. The summed E-state index contributed by atoms with van der Waals surface area (Å²) in [7, 11) is -2.80. The second-order valence-electron chi connectivity index (χ2n) is 10.6. The molecule has 0 aliphatic heterocycles. The standard InChI is InChI=1S/C32H37Cl2N3O5S/c1-4-28(32(39)35-23-11-8-9-12-23)36(20-25-26(33)15-10-16-27(25)34)31(38)21-37(29-19-22(2)17-18-30(29)42-3)43(40,41)24-13-6-5-7-14-24/h5-7,10,13-19,23,28H,4,8-9,11-12,20-21H2,1-3H3,(H,35,39)/t28-/m1/s1. The van der Waals surface area contributed by atoms with Crippen molar-refractivity contribution in [3.63, 3.8) is 0 Å². The number of methoxy groups -OCH3 is 1. The monoisotopic (exact) mass is 645 g/mol. The highest BCUT2D eigenvalue weighted by molar-refractivity contribution is 7.92. The first-order valence-electron chi connectivity index (χ1n) is 14.3. The molecule has 1 saturated carbocycles. The van der Waals surface area contributed by atoms with Gasteiger partial charge in [-0.15, -0.1) is 0 Å². The van der Waals surface area contributed by atoms with Gasteiger partial charge in [-0.2, -0.15) is 0 Å². The lowest BCUT2D eigenvalue weighted by Gasteiger charge is -2.34. The fourth-order valence-corrected chi connectivity index (χ4v) is 7.32. The maximum absolute atomic E-state index is 14.4. The van der Waals surface area contributed by atoms with Crippen molar-refractivity contribution in [3.05, 3.63) is 87.9 Å². The van der Waals surface area contributed by atoms with E-state index in [0.717, 1.165) is 35.6 Å². The van der Waals surface area contributed by atoms with E-state index in [2.05, 4.69) is 5.32 Å². The lowest BCUT2D eigenvalue weighted by molar-refractivity contribution is -0.140. The van der Waals surface area contributed by atoms with Gasteiger partial charge in [0.1, 0.15) is 18.3 Å². The van der Waals surface area contributed by atoms with E-state index in [0.29, 0.717) is 22.0 Å². The number of hydrogen-bond acceptors (Lipinski definition) is 5. The summed E-state index contributed by atoms with van der Waals surface area (Å²) in [5.74, 6) is -0.603.